The molecule has 0 saturated carbocycles. The molecule has 0 spiro atoms. The first-order valence-corrected chi connectivity index (χ1v) is 15.3. The number of fused-ring (bicyclic) bond motifs is 1. The van der Waals surface area contributed by atoms with Crippen LogP contribution in [0.25, 0.3) is 10.8 Å². The second-order valence-corrected chi connectivity index (χ2v) is 13.6. The van der Waals surface area contributed by atoms with E-state index >= 15 is 0 Å². The summed E-state index contributed by atoms with van der Waals surface area (Å²) in [6.45, 7) is 8.86. The van der Waals surface area contributed by atoms with E-state index in [0.717, 1.165) is 16.5 Å². The fourth-order valence-corrected chi connectivity index (χ4v) is 6.74. The Hall–Kier alpha value is -3.12. The van der Waals surface area contributed by atoms with Crippen molar-refractivity contribution in [1.29, 1.82) is 0 Å². The molecule has 0 radical (unpaired) electrons. The van der Waals surface area contributed by atoms with Crippen LogP contribution in [0.3, 0.4) is 0 Å². The highest BCUT2D eigenvalue weighted by molar-refractivity contribution is 7.90. The minimum Gasteiger partial charge on any atom is -0.390 e. The maximum Gasteiger partial charge on any atom is 0.233 e. The second-order valence-electron chi connectivity index (χ2n) is 11.4. The number of hydrogen-bond acceptors (Lipinski definition) is 10. The molecule has 39 heavy (non-hydrogen) atoms. The van der Waals surface area contributed by atoms with E-state index in [1.165, 1.54) is 25.1 Å². The molecular formula is C27H36FN7O3S. The number of aliphatic hydroxyl groups excluding tert-OH is 1. The van der Waals surface area contributed by atoms with Gasteiger partial charge in [-0.15, -0.1) is 0 Å². The molecule has 2 aliphatic heterocycles. The normalized spacial score (nSPS) is 25.7. The minimum atomic E-state index is -3.03. The summed E-state index contributed by atoms with van der Waals surface area (Å²) in [5, 5.41) is 15.2. The number of anilines is 4. The Morgan fingerprint density at radius 3 is 2.67 bits per heavy atom. The molecule has 0 bridgehead atoms. The number of halogens is 1. The van der Waals surface area contributed by atoms with Gasteiger partial charge in [0, 0.05) is 48.6 Å². The lowest BCUT2D eigenvalue weighted by molar-refractivity contribution is -0.00860. The van der Waals surface area contributed by atoms with Crippen molar-refractivity contribution in [2.45, 2.75) is 57.8 Å². The van der Waals surface area contributed by atoms with Gasteiger partial charge in [-0.2, -0.15) is 4.98 Å². The molecule has 3 aromatic rings. The van der Waals surface area contributed by atoms with Crippen LogP contribution in [0.1, 0.15) is 45.6 Å². The highest BCUT2D eigenvalue weighted by Crippen LogP contribution is 2.39. The molecule has 2 aliphatic rings. The average molecular weight is 558 g/mol. The maximum absolute atomic E-state index is 14.7. The van der Waals surface area contributed by atoms with Gasteiger partial charge >= 0.3 is 0 Å². The highest BCUT2D eigenvalue weighted by Gasteiger charge is 2.40. The third-order valence-electron chi connectivity index (χ3n) is 7.91. The van der Waals surface area contributed by atoms with Crippen molar-refractivity contribution >= 4 is 44.0 Å². The standard InChI is InChI=1S/C27H36FN7O3S/c1-16(2)19-6-7-22(35-12-18(17(35)3)13-39(5,37)38)21-11-29-24(10-20(19)21)32-25-30-15-31-26(33-25)34-9-8-23(36)27(4,28)14-34/h6-7,10-11,15-18,23,36H,8-9,12-14H2,1-5H3,(H,29,30,31,32,33)/t17-,18-,23+,27-/m1/s1. The van der Waals surface area contributed by atoms with Crippen LogP contribution in [-0.2, 0) is 9.84 Å². The molecule has 0 amide bonds. The van der Waals surface area contributed by atoms with E-state index in [-0.39, 0.29) is 30.2 Å². The summed E-state index contributed by atoms with van der Waals surface area (Å²) in [6.07, 6.45) is 3.77. The van der Waals surface area contributed by atoms with Crippen molar-refractivity contribution in [3.05, 3.63) is 36.3 Å². The average Bonchev–Trinajstić information content (AvgIpc) is 2.86. The van der Waals surface area contributed by atoms with E-state index in [1.807, 2.05) is 12.3 Å². The van der Waals surface area contributed by atoms with Crippen LogP contribution in [0, 0.1) is 5.92 Å². The van der Waals surface area contributed by atoms with Crippen molar-refractivity contribution in [2.75, 3.05) is 46.8 Å². The Kier molecular flexibility index (Phi) is 7.13. The monoisotopic (exact) mass is 557 g/mol. The van der Waals surface area contributed by atoms with E-state index < -0.39 is 21.6 Å². The van der Waals surface area contributed by atoms with Crippen LogP contribution in [0.15, 0.2) is 30.7 Å². The predicted molar refractivity (Wildman–Crippen MR) is 151 cm³/mol. The fraction of sp³-hybridized carbons (Fsp3) is 0.556. The zero-order valence-corrected chi connectivity index (χ0v) is 23.8. The van der Waals surface area contributed by atoms with Crippen LogP contribution in [0.5, 0.6) is 0 Å². The number of piperidine rings is 1. The Labute approximate surface area is 228 Å². The van der Waals surface area contributed by atoms with Gasteiger partial charge in [-0.3, -0.25) is 0 Å². The molecule has 4 atom stereocenters. The molecule has 2 fully saturated rings. The smallest absolute Gasteiger partial charge is 0.233 e. The summed E-state index contributed by atoms with van der Waals surface area (Å²) < 4.78 is 38.4. The lowest BCUT2D eigenvalue weighted by Crippen LogP contribution is -2.57. The first-order valence-electron chi connectivity index (χ1n) is 13.3. The van der Waals surface area contributed by atoms with Crippen LogP contribution >= 0.6 is 0 Å². The van der Waals surface area contributed by atoms with Crippen molar-refractivity contribution in [2.24, 2.45) is 5.92 Å². The molecule has 2 N–H and O–H groups in total. The first kappa shape index (κ1) is 27.4. The molecule has 210 valence electrons. The predicted octanol–water partition coefficient (Wildman–Crippen LogP) is 3.46. The molecule has 10 nitrogen and oxygen atoms in total. The number of nitrogens with zero attached hydrogens (tertiary/aromatic N) is 6. The fourth-order valence-electron chi connectivity index (χ4n) is 5.58. The molecule has 0 aliphatic carbocycles. The SMILES string of the molecule is CC(C)c1ccc(N2C[C@H](CS(C)(=O)=O)[C@H]2C)c2cnc(Nc3ncnc(N4CC[C@H](O)[C@](C)(F)C4)n3)cc12. The van der Waals surface area contributed by atoms with E-state index in [0.29, 0.717) is 37.2 Å². The number of alkyl halides is 1. The van der Waals surface area contributed by atoms with Crippen molar-refractivity contribution in [1.82, 2.24) is 19.9 Å². The van der Waals surface area contributed by atoms with Gasteiger partial charge in [0.2, 0.25) is 11.9 Å². The summed E-state index contributed by atoms with van der Waals surface area (Å²) in [5.41, 5.74) is 0.461. The Morgan fingerprint density at radius 1 is 1.23 bits per heavy atom. The topological polar surface area (TPSA) is 124 Å². The van der Waals surface area contributed by atoms with Crippen LogP contribution in [0.4, 0.5) is 27.8 Å². The van der Waals surface area contributed by atoms with Crippen molar-refractivity contribution in [3.63, 3.8) is 0 Å². The number of aliphatic hydroxyl groups is 1. The Bertz CT molecular complexity index is 1480. The van der Waals surface area contributed by atoms with Gasteiger partial charge in [0.25, 0.3) is 0 Å². The van der Waals surface area contributed by atoms with Gasteiger partial charge in [0.05, 0.1) is 18.4 Å². The maximum atomic E-state index is 14.7. The lowest BCUT2D eigenvalue weighted by Gasteiger charge is -2.48. The number of nitrogens with one attached hydrogen (secondary N) is 1. The zero-order chi connectivity index (χ0) is 28.1. The minimum absolute atomic E-state index is 0.00760. The molecule has 0 unspecified atom stereocenters. The van der Waals surface area contributed by atoms with E-state index in [4.69, 9.17) is 0 Å². The first-order chi connectivity index (χ1) is 18.3. The molecule has 4 heterocycles. The number of aromatic nitrogens is 4. The number of benzene rings is 1. The number of sulfone groups is 1. The summed E-state index contributed by atoms with van der Waals surface area (Å²) >= 11 is 0. The van der Waals surface area contributed by atoms with Crippen LogP contribution in [-0.4, -0.2) is 82.9 Å². The third-order valence-corrected chi connectivity index (χ3v) is 8.95. The molecule has 12 heteroatoms. The van der Waals surface area contributed by atoms with Gasteiger partial charge in [-0.25, -0.2) is 27.8 Å². The summed E-state index contributed by atoms with van der Waals surface area (Å²) in [6, 6.07) is 6.32. The van der Waals surface area contributed by atoms with Gasteiger partial charge in [-0.05, 0) is 49.3 Å². The Morgan fingerprint density at radius 2 is 2.00 bits per heavy atom. The number of hydrogen-bond donors (Lipinski definition) is 2. The Balaban J connectivity index is 1.41. The number of rotatable bonds is 7. The van der Waals surface area contributed by atoms with Crippen molar-refractivity contribution < 1.29 is 17.9 Å². The van der Waals surface area contributed by atoms with Crippen molar-refractivity contribution in [3.8, 4) is 0 Å². The molecule has 2 saturated heterocycles. The van der Waals surface area contributed by atoms with Gasteiger partial charge in [-0.1, -0.05) is 19.9 Å². The summed E-state index contributed by atoms with van der Waals surface area (Å²) in [4.78, 5) is 21.5. The molecule has 5 rings (SSSR count). The molecule has 2 aromatic heterocycles. The summed E-state index contributed by atoms with van der Waals surface area (Å²) in [5.74, 6) is 1.76. The van der Waals surface area contributed by atoms with E-state index in [1.54, 1.807) is 4.90 Å². The van der Waals surface area contributed by atoms with E-state index in [9.17, 15) is 17.9 Å². The molecular weight excluding hydrogens is 521 g/mol. The summed E-state index contributed by atoms with van der Waals surface area (Å²) in [7, 11) is -3.03. The third kappa shape index (κ3) is 5.62. The molecule has 1 aromatic carbocycles. The van der Waals surface area contributed by atoms with Gasteiger partial charge < -0.3 is 20.2 Å². The quantitative estimate of drug-likeness (QED) is 0.446. The lowest BCUT2D eigenvalue weighted by atomic mass is 9.88. The number of pyridine rings is 1. The largest absolute Gasteiger partial charge is 0.390 e. The van der Waals surface area contributed by atoms with Crippen LogP contribution < -0.4 is 15.1 Å². The van der Waals surface area contributed by atoms with Crippen LogP contribution in [0.2, 0.25) is 0 Å². The van der Waals surface area contributed by atoms with Gasteiger partial charge in [0.1, 0.15) is 22.0 Å². The van der Waals surface area contributed by atoms with Gasteiger partial charge in [0.15, 0.2) is 5.67 Å². The highest BCUT2D eigenvalue weighted by atomic mass is 32.2. The zero-order valence-electron chi connectivity index (χ0n) is 23.0. The van der Waals surface area contributed by atoms with E-state index in [2.05, 4.69) is 63.1 Å². The second kappa shape index (κ2) is 10.1.